The lowest BCUT2D eigenvalue weighted by atomic mass is 9.81. The van der Waals surface area contributed by atoms with E-state index in [1.54, 1.807) is 0 Å². The van der Waals surface area contributed by atoms with E-state index in [9.17, 15) is 8.78 Å². The summed E-state index contributed by atoms with van der Waals surface area (Å²) in [6.07, 6.45) is 3.10. The van der Waals surface area contributed by atoms with Gasteiger partial charge in [0.25, 0.3) is 6.43 Å². The van der Waals surface area contributed by atoms with Gasteiger partial charge < -0.3 is 10.1 Å². The van der Waals surface area contributed by atoms with Gasteiger partial charge in [-0.3, -0.25) is 0 Å². The topological polar surface area (TPSA) is 21.3 Å². The van der Waals surface area contributed by atoms with E-state index in [2.05, 4.69) is 12.2 Å². The summed E-state index contributed by atoms with van der Waals surface area (Å²) in [7, 11) is 1.88. The van der Waals surface area contributed by atoms with Gasteiger partial charge >= 0.3 is 0 Å². The lowest BCUT2D eigenvalue weighted by Gasteiger charge is -2.35. The average Bonchev–Trinajstić information content (AvgIpc) is 2.27. The van der Waals surface area contributed by atoms with Crippen LogP contribution in [0.15, 0.2) is 0 Å². The zero-order valence-corrected chi connectivity index (χ0v) is 10.2. The highest BCUT2D eigenvalue weighted by Crippen LogP contribution is 2.30. The normalized spacial score (nSPS) is 30.9. The molecule has 0 aliphatic heterocycles. The van der Waals surface area contributed by atoms with E-state index in [0.29, 0.717) is 5.92 Å². The van der Waals surface area contributed by atoms with Crippen LogP contribution >= 0.6 is 0 Å². The molecular weight excluding hydrogens is 212 g/mol. The minimum Gasteiger partial charge on any atom is -0.371 e. The highest BCUT2D eigenvalue weighted by molar-refractivity contribution is 4.84. The van der Waals surface area contributed by atoms with Crippen molar-refractivity contribution in [2.75, 3.05) is 13.7 Å². The molecule has 0 amide bonds. The first-order valence-corrected chi connectivity index (χ1v) is 6.24. The SMILES string of the molecule is CCCC1CCC(NC)C(OCC(F)F)C1. The number of likely N-dealkylation sites (N-methyl/N-ethyl adjacent to an activating group) is 1. The molecule has 3 atom stereocenters. The van der Waals surface area contributed by atoms with Crippen LogP contribution in [0.5, 0.6) is 0 Å². The zero-order valence-electron chi connectivity index (χ0n) is 10.2. The summed E-state index contributed by atoms with van der Waals surface area (Å²) in [5.41, 5.74) is 0. The lowest BCUT2D eigenvalue weighted by Crippen LogP contribution is -2.44. The molecule has 0 bridgehead atoms. The Morgan fingerprint density at radius 1 is 1.38 bits per heavy atom. The van der Waals surface area contributed by atoms with Crippen molar-refractivity contribution in [3.8, 4) is 0 Å². The number of hydrogen-bond acceptors (Lipinski definition) is 2. The van der Waals surface area contributed by atoms with Crippen LogP contribution in [-0.4, -0.2) is 32.2 Å². The van der Waals surface area contributed by atoms with Crippen LogP contribution < -0.4 is 5.32 Å². The quantitative estimate of drug-likeness (QED) is 0.764. The average molecular weight is 235 g/mol. The van der Waals surface area contributed by atoms with Crippen molar-refractivity contribution in [2.24, 2.45) is 5.92 Å². The van der Waals surface area contributed by atoms with E-state index in [0.717, 1.165) is 19.3 Å². The Labute approximate surface area is 96.7 Å². The number of ether oxygens (including phenoxy) is 1. The highest BCUT2D eigenvalue weighted by atomic mass is 19.3. The molecule has 0 aromatic rings. The molecule has 1 aliphatic rings. The lowest BCUT2D eigenvalue weighted by molar-refractivity contribution is -0.0578. The van der Waals surface area contributed by atoms with E-state index in [1.807, 2.05) is 7.05 Å². The molecule has 1 fully saturated rings. The summed E-state index contributed by atoms with van der Waals surface area (Å²) < 4.78 is 29.6. The minimum absolute atomic E-state index is 0.0377. The van der Waals surface area contributed by atoms with Crippen LogP contribution in [0, 0.1) is 5.92 Å². The van der Waals surface area contributed by atoms with Gasteiger partial charge in [0.05, 0.1) is 6.10 Å². The van der Waals surface area contributed by atoms with Crippen LogP contribution in [-0.2, 0) is 4.74 Å². The Balaban J connectivity index is 2.40. The molecule has 1 N–H and O–H groups in total. The van der Waals surface area contributed by atoms with Crippen molar-refractivity contribution in [1.82, 2.24) is 5.32 Å². The number of alkyl halides is 2. The Bertz CT molecular complexity index is 190. The molecule has 1 rings (SSSR count). The molecule has 2 nitrogen and oxygen atoms in total. The molecule has 0 spiro atoms. The maximum Gasteiger partial charge on any atom is 0.261 e. The van der Waals surface area contributed by atoms with Crippen molar-refractivity contribution < 1.29 is 13.5 Å². The molecular formula is C12H23F2NO. The Kier molecular flexibility index (Phi) is 6.21. The van der Waals surface area contributed by atoms with Crippen LogP contribution in [0.4, 0.5) is 8.78 Å². The largest absolute Gasteiger partial charge is 0.371 e. The van der Waals surface area contributed by atoms with E-state index in [-0.39, 0.29) is 12.1 Å². The van der Waals surface area contributed by atoms with E-state index in [4.69, 9.17) is 4.74 Å². The second kappa shape index (κ2) is 7.17. The highest BCUT2D eigenvalue weighted by Gasteiger charge is 2.30. The molecule has 4 heteroatoms. The third-order valence-corrected chi connectivity index (χ3v) is 3.40. The van der Waals surface area contributed by atoms with Crippen LogP contribution in [0.25, 0.3) is 0 Å². The zero-order chi connectivity index (χ0) is 12.0. The van der Waals surface area contributed by atoms with Crippen molar-refractivity contribution >= 4 is 0 Å². The van der Waals surface area contributed by atoms with Crippen LogP contribution in [0.3, 0.4) is 0 Å². The summed E-state index contributed by atoms with van der Waals surface area (Å²) in [6.45, 7) is 1.74. The predicted molar refractivity (Wildman–Crippen MR) is 60.8 cm³/mol. The summed E-state index contributed by atoms with van der Waals surface area (Å²) in [5, 5.41) is 3.17. The number of halogens is 2. The van der Waals surface area contributed by atoms with E-state index in [1.165, 1.54) is 12.8 Å². The van der Waals surface area contributed by atoms with Crippen molar-refractivity contribution in [3.05, 3.63) is 0 Å². The molecule has 96 valence electrons. The summed E-state index contributed by atoms with van der Waals surface area (Å²) in [5.74, 6) is 0.650. The van der Waals surface area contributed by atoms with E-state index >= 15 is 0 Å². The Morgan fingerprint density at radius 3 is 2.69 bits per heavy atom. The molecule has 0 aromatic carbocycles. The fourth-order valence-electron chi connectivity index (χ4n) is 2.59. The van der Waals surface area contributed by atoms with Gasteiger partial charge in [-0.15, -0.1) is 0 Å². The molecule has 0 radical (unpaired) electrons. The van der Waals surface area contributed by atoms with Gasteiger partial charge in [0.15, 0.2) is 0 Å². The smallest absolute Gasteiger partial charge is 0.261 e. The van der Waals surface area contributed by atoms with Gasteiger partial charge in [0, 0.05) is 6.04 Å². The van der Waals surface area contributed by atoms with Gasteiger partial charge in [0.2, 0.25) is 0 Å². The maximum absolute atomic E-state index is 12.1. The number of nitrogens with one attached hydrogen (secondary N) is 1. The minimum atomic E-state index is -2.36. The number of hydrogen-bond donors (Lipinski definition) is 1. The molecule has 16 heavy (non-hydrogen) atoms. The molecule has 0 aromatic heterocycles. The van der Waals surface area contributed by atoms with Gasteiger partial charge in [-0.2, -0.15) is 0 Å². The standard InChI is InChI=1S/C12H23F2NO/c1-3-4-9-5-6-10(15-2)11(7-9)16-8-12(13)14/h9-12,15H,3-8H2,1-2H3. The first-order chi connectivity index (χ1) is 7.67. The summed E-state index contributed by atoms with van der Waals surface area (Å²) >= 11 is 0. The Hall–Kier alpha value is -0.220. The molecule has 3 unspecified atom stereocenters. The second-order valence-electron chi connectivity index (χ2n) is 4.63. The molecule has 1 saturated carbocycles. The molecule has 0 heterocycles. The van der Waals surface area contributed by atoms with Crippen molar-refractivity contribution in [3.63, 3.8) is 0 Å². The van der Waals surface area contributed by atoms with Gasteiger partial charge in [-0.25, -0.2) is 8.78 Å². The second-order valence-corrected chi connectivity index (χ2v) is 4.63. The fraction of sp³-hybridized carbons (Fsp3) is 1.00. The third kappa shape index (κ3) is 4.34. The third-order valence-electron chi connectivity index (χ3n) is 3.40. The first kappa shape index (κ1) is 13.8. The summed E-state index contributed by atoms with van der Waals surface area (Å²) in [6, 6.07) is 0.242. The van der Waals surface area contributed by atoms with Gasteiger partial charge in [-0.05, 0) is 32.2 Å². The maximum atomic E-state index is 12.1. The van der Waals surface area contributed by atoms with Crippen LogP contribution in [0.2, 0.25) is 0 Å². The summed E-state index contributed by atoms with van der Waals surface area (Å²) in [4.78, 5) is 0. The van der Waals surface area contributed by atoms with Crippen LogP contribution in [0.1, 0.15) is 39.0 Å². The first-order valence-electron chi connectivity index (χ1n) is 6.24. The monoisotopic (exact) mass is 235 g/mol. The molecule has 1 aliphatic carbocycles. The van der Waals surface area contributed by atoms with Gasteiger partial charge in [0.1, 0.15) is 6.61 Å². The van der Waals surface area contributed by atoms with Crippen molar-refractivity contribution in [1.29, 1.82) is 0 Å². The van der Waals surface area contributed by atoms with Gasteiger partial charge in [-0.1, -0.05) is 19.8 Å². The number of rotatable bonds is 6. The van der Waals surface area contributed by atoms with E-state index < -0.39 is 13.0 Å². The predicted octanol–water partition coefficient (Wildman–Crippen LogP) is 2.82. The molecule has 0 saturated heterocycles. The van der Waals surface area contributed by atoms with Crippen molar-refractivity contribution in [2.45, 2.75) is 57.6 Å². The fourth-order valence-corrected chi connectivity index (χ4v) is 2.59. The Morgan fingerprint density at radius 2 is 2.12 bits per heavy atom.